The SMILES string of the molecule is CC(=O)O[C@H]1C[C@@H](OC(=O)c2ccccc2)/C(C)=C\[C@H]2[C@@H](OC(=O)c3ccccc3)[C@@H](C)[C@H](O)[C@]2(OC(C)=O)C(O)[C@@](C)(O)/C=C/C1(C)C. The molecule has 2 aliphatic carbocycles. The third kappa shape index (κ3) is 7.95. The lowest BCUT2D eigenvalue weighted by atomic mass is 9.72. The van der Waals surface area contributed by atoms with Gasteiger partial charge in [-0.05, 0) is 43.7 Å². The standard InChI is InChI=1S/C38H46O11/c1-22-20-28-31(48-34(43)27-16-12-9-13-17-27)23(2)32(41)38(28,49-25(4)40)35(44)37(7,45)19-18-36(5,6)30(46-24(3)39)21-29(22)47-33(42)26-14-10-8-11-15-26/h8-20,23,28-32,35,41,44-45H,21H2,1-7H3/b19-18+,22-20-/t23-,28+,29-,30+,31+,32+,35?,37+,38+/m1/s1. The number of carbonyl (C=O) groups is 4. The van der Waals surface area contributed by atoms with Crippen LogP contribution < -0.4 is 0 Å². The van der Waals surface area contributed by atoms with E-state index in [-0.39, 0.29) is 17.5 Å². The highest BCUT2D eigenvalue weighted by Gasteiger charge is 2.68. The van der Waals surface area contributed by atoms with Gasteiger partial charge >= 0.3 is 23.9 Å². The zero-order valence-electron chi connectivity index (χ0n) is 28.9. The Morgan fingerprint density at radius 3 is 1.82 bits per heavy atom. The molecule has 9 atom stereocenters. The fraction of sp³-hybridized carbons (Fsp3) is 0.474. The number of hydrogen-bond acceptors (Lipinski definition) is 11. The number of fused-ring (bicyclic) bond motifs is 1. The van der Waals surface area contributed by atoms with E-state index in [1.54, 1.807) is 94.4 Å². The van der Waals surface area contributed by atoms with Gasteiger partial charge in [-0.25, -0.2) is 9.59 Å². The van der Waals surface area contributed by atoms with Gasteiger partial charge in [-0.1, -0.05) is 75.4 Å². The zero-order valence-corrected chi connectivity index (χ0v) is 28.9. The number of rotatable bonds is 6. The highest BCUT2D eigenvalue weighted by Crippen LogP contribution is 2.51. The summed E-state index contributed by atoms with van der Waals surface area (Å²) in [5.41, 5.74) is -4.56. The molecule has 264 valence electrons. The van der Waals surface area contributed by atoms with E-state index < -0.39 is 82.8 Å². The Morgan fingerprint density at radius 2 is 1.31 bits per heavy atom. The van der Waals surface area contributed by atoms with Crippen molar-refractivity contribution >= 4 is 23.9 Å². The van der Waals surface area contributed by atoms with Crippen molar-refractivity contribution in [3.05, 3.63) is 95.6 Å². The van der Waals surface area contributed by atoms with E-state index in [4.69, 9.17) is 18.9 Å². The van der Waals surface area contributed by atoms with Gasteiger partial charge in [-0.2, -0.15) is 0 Å². The second kappa shape index (κ2) is 14.7. The maximum absolute atomic E-state index is 13.4. The minimum atomic E-state index is -2.26. The maximum Gasteiger partial charge on any atom is 0.338 e. The summed E-state index contributed by atoms with van der Waals surface area (Å²) in [4.78, 5) is 52.0. The van der Waals surface area contributed by atoms with E-state index >= 15 is 0 Å². The van der Waals surface area contributed by atoms with Crippen LogP contribution in [0.2, 0.25) is 0 Å². The van der Waals surface area contributed by atoms with Crippen molar-refractivity contribution in [2.75, 3.05) is 0 Å². The van der Waals surface area contributed by atoms with Gasteiger partial charge < -0.3 is 34.3 Å². The summed E-state index contributed by atoms with van der Waals surface area (Å²) in [6, 6.07) is 16.5. The molecule has 1 fully saturated rings. The normalized spacial score (nSPS) is 34.4. The van der Waals surface area contributed by atoms with Crippen molar-refractivity contribution in [3.63, 3.8) is 0 Å². The van der Waals surface area contributed by atoms with E-state index in [2.05, 4.69) is 0 Å². The van der Waals surface area contributed by atoms with Crippen molar-refractivity contribution < 1.29 is 53.4 Å². The summed E-state index contributed by atoms with van der Waals surface area (Å²) in [6.45, 7) is 10.4. The van der Waals surface area contributed by atoms with Gasteiger partial charge in [0.25, 0.3) is 0 Å². The van der Waals surface area contributed by atoms with Gasteiger partial charge in [0.2, 0.25) is 0 Å². The van der Waals surface area contributed by atoms with Crippen LogP contribution in [0.25, 0.3) is 0 Å². The van der Waals surface area contributed by atoms with Crippen LogP contribution in [-0.4, -0.2) is 80.9 Å². The van der Waals surface area contributed by atoms with Crippen LogP contribution in [0.15, 0.2) is 84.5 Å². The highest BCUT2D eigenvalue weighted by molar-refractivity contribution is 5.90. The van der Waals surface area contributed by atoms with Gasteiger partial charge in [0.05, 0.1) is 17.0 Å². The van der Waals surface area contributed by atoms with Crippen LogP contribution >= 0.6 is 0 Å². The fourth-order valence-electron chi connectivity index (χ4n) is 6.75. The largest absolute Gasteiger partial charge is 0.461 e. The first kappa shape index (κ1) is 37.5. The molecular formula is C38H46O11. The molecule has 1 saturated carbocycles. The Bertz CT molecular complexity index is 1580. The number of aliphatic hydroxyl groups excluding tert-OH is 2. The maximum atomic E-state index is 13.4. The summed E-state index contributed by atoms with van der Waals surface area (Å²) < 4.78 is 23.7. The minimum absolute atomic E-state index is 0.0393. The molecule has 4 rings (SSSR count). The van der Waals surface area contributed by atoms with Gasteiger partial charge in [0, 0.05) is 31.6 Å². The van der Waals surface area contributed by atoms with Crippen molar-refractivity contribution in [2.45, 2.75) is 96.6 Å². The lowest BCUT2D eigenvalue weighted by Gasteiger charge is -2.46. The molecule has 1 unspecified atom stereocenters. The lowest BCUT2D eigenvalue weighted by Crippen LogP contribution is -2.64. The molecule has 0 aromatic heterocycles. The Kier molecular flexibility index (Phi) is 11.2. The first-order valence-corrected chi connectivity index (χ1v) is 16.3. The number of esters is 4. The quantitative estimate of drug-likeness (QED) is 0.226. The first-order chi connectivity index (χ1) is 22.9. The van der Waals surface area contributed by atoms with Crippen molar-refractivity contribution in [1.82, 2.24) is 0 Å². The Balaban J connectivity index is 1.96. The predicted molar refractivity (Wildman–Crippen MR) is 178 cm³/mol. The average molecular weight is 679 g/mol. The van der Waals surface area contributed by atoms with Crippen LogP contribution in [0.1, 0.15) is 75.6 Å². The fourth-order valence-corrected chi connectivity index (χ4v) is 6.75. The topological polar surface area (TPSA) is 166 Å². The van der Waals surface area contributed by atoms with E-state index in [0.717, 1.165) is 6.92 Å². The van der Waals surface area contributed by atoms with E-state index in [1.165, 1.54) is 26.0 Å². The lowest BCUT2D eigenvalue weighted by molar-refractivity contribution is -0.222. The molecule has 2 aromatic rings. The molecule has 0 amide bonds. The highest BCUT2D eigenvalue weighted by atomic mass is 16.6. The van der Waals surface area contributed by atoms with Crippen LogP contribution in [0.4, 0.5) is 0 Å². The van der Waals surface area contributed by atoms with Gasteiger partial charge in [0.15, 0.2) is 5.60 Å². The van der Waals surface area contributed by atoms with Crippen LogP contribution in [0, 0.1) is 17.3 Å². The molecule has 49 heavy (non-hydrogen) atoms. The molecule has 3 N–H and O–H groups in total. The molecule has 0 radical (unpaired) electrons. The predicted octanol–water partition coefficient (Wildman–Crippen LogP) is 4.34. The second-order valence-corrected chi connectivity index (χ2v) is 13.8. The Morgan fingerprint density at radius 1 is 0.776 bits per heavy atom. The molecule has 11 nitrogen and oxygen atoms in total. The second-order valence-electron chi connectivity index (χ2n) is 13.8. The molecular weight excluding hydrogens is 632 g/mol. The summed E-state index contributed by atoms with van der Waals surface area (Å²) in [6.07, 6.45) is -2.47. The third-order valence-corrected chi connectivity index (χ3v) is 9.53. The zero-order chi connectivity index (χ0) is 36.3. The van der Waals surface area contributed by atoms with Crippen molar-refractivity contribution in [1.29, 1.82) is 0 Å². The molecule has 0 aliphatic heterocycles. The molecule has 11 heteroatoms. The first-order valence-electron chi connectivity index (χ1n) is 16.3. The number of aliphatic hydroxyl groups is 3. The van der Waals surface area contributed by atoms with Gasteiger partial charge in [-0.3, -0.25) is 9.59 Å². The number of hydrogen-bond donors (Lipinski definition) is 3. The van der Waals surface area contributed by atoms with Crippen LogP contribution in [0.3, 0.4) is 0 Å². The summed E-state index contributed by atoms with van der Waals surface area (Å²) in [5.74, 6) is -5.07. The minimum Gasteiger partial charge on any atom is -0.461 e. The smallest absolute Gasteiger partial charge is 0.338 e. The monoisotopic (exact) mass is 678 g/mol. The number of carbonyl (C=O) groups excluding carboxylic acids is 4. The molecule has 2 aliphatic rings. The third-order valence-electron chi connectivity index (χ3n) is 9.53. The molecule has 2 aromatic carbocycles. The van der Waals surface area contributed by atoms with Gasteiger partial charge in [-0.15, -0.1) is 0 Å². The van der Waals surface area contributed by atoms with E-state index in [9.17, 15) is 34.5 Å². The summed E-state index contributed by atoms with van der Waals surface area (Å²) in [5, 5.41) is 35.8. The van der Waals surface area contributed by atoms with Crippen LogP contribution in [0.5, 0.6) is 0 Å². The molecule has 0 bridgehead atoms. The molecule has 0 heterocycles. The van der Waals surface area contributed by atoms with Crippen molar-refractivity contribution in [2.24, 2.45) is 17.3 Å². The summed E-state index contributed by atoms with van der Waals surface area (Å²) in [7, 11) is 0. The number of benzene rings is 2. The average Bonchev–Trinajstić information content (AvgIpc) is 3.23. The van der Waals surface area contributed by atoms with Gasteiger partial charge in [0.1, 0.15) is 36.1 Å². The summed E-state index contributed by atoms with van der Waals surface area (Å²) >= 11 is 0. The van der Waals surface area contributed by atoms with Crippen LogP contribution in [-0.2, 0) is 28.5 Å². The van der Waals surface area contributed by atoms with E-state index in [0.29, 0.717) is 5.57 Å². The molecule has 0 saturated heterocycles. The Hall–Kier alpha value is -4.32. The number of ether oxygens (including phenoxy) is 4. The Labute approximate surface area is 286 Å². The van der Waals surface area contributed by atoms with E-state index in [1.807, 2.05) is 0 Å². The van der Waals surface area contributed by atoms with Crippen molar-refractivity contribution in [3.8, 4) is 0 Å². The molecule has 0 spiro atoms.